The molecule has 1 rings (SSSR count). The molecule has 16 heavy (non-hydrogen) atoms. The topological polar surface area (TPSA) is 43.1 Å². The fraction of sp³-hybridized carbons (Fsp3) is 0.417. The molecule has 1 aromatic carbocycles. The van der Waals surface area contributed by atoms with Crippen LogP contribution in [0.1, 0.15) is 29.3 Å². The maximum atomic E-state index is 12.8. The molecule has 0 bridgehead atoms. The number of alkyl halides is 2. The molecule has 0 saturated carbocycles. The van der Waals surface area contributed by atoms with Crippen LogP contribution >= 0.6 is 0 Å². The molecule has 0 radical (unpaired) electrons. The van der Waals surface area contributed by atoms with Crippen molar-refractivity contribution in [2.45, 2.75) is 25.7 Å². The predicted molar refractivity (Wildman–Crippen MR) is 58.8 cm³/mol. The number of Topliss-reactive ketones (excluding diaryl/α,β-unsaturated/α-hetero) is 1. The number of hydrogen-bond donors (Lipinski definition) is 1. The van der Waals surface area contributed by atoms with Crippen LogP contribution in [0.25, 0.3) is 0 Å². The lowest BCUT2D eigenvalue weighted by atomic mass is 10.0. The Labute approximate surface area is 93.5 Å². The van der Waals surface area contributed by atoms with Gasteiger partial charge in [-0.15, -0.1) is 0 Å². The molecule has 0 atom stereocenters. The van der Waals surface area contributed by atoms with E-state index < -0.39 is 5.92 Å². The van der Waals surface area contributed by atoms with Crippen LogP contribution in [0.2, 0.25) is 0 Å². The second kappa shape index (κ2) is 5.16. The molecule has 0 fully saturated rings. The molecule has 0 spiro atoms. The van der Waals surface area contributed by atoms with E-state index in [4.69, 9.17) is 5.73 Å². The number of nitrogens with two attached hydrogens (primary N) is 1. The van der Waals surface area contributed by atoms with Crippen molar-refractivity contribution < 1.29 is 13.6 Å². The molecule has 0 heterocycles. The molecular formula is C12H15F2NO. The van der Waals surface area contributed by atoms with Crippen molar-refractivity contribution in [1.82, 2.24) is 0 Å². The smallest absolute Gasteiger partial charge is 0.249 e. The molecule has 0 amide bonds. The van der Waals surface area contributed by atoms with Crippen LogP contribution < -0.4 is 5.73 Å². The zero-order valence-corrected chi connectivity index (χ0v) is 9.17. The maximum Gasteiger partial charge on any atom is 0.249 e. The summed E-state index contributed by atoms with van der Waals surface area (Å²) in [4.78, 5) is 11.5. The van der Waals surface area contributed by atoms with Gasteiger partial charge in [-0.1, -0.05) is 18.2 Å². The van der Waals surface area contributed by atoms with Gasteiger partial charge in [0.25, 0.3) is 0 Å². The summed E-state index contributed by atoms with van der Waals surface area (Å²) in [6.07, 6.45) is -0.108. The molecular weight excluding hydrogens is 212 g/mol. The minimum Gasteiger partial charge on any atom is -0.330 e. The van der Waals surface area contributed by atoms with E-state index in [1.54, 1.807) is 18.2 Å². The van der Waals surface area contributed by atoms with Crippen LogP contribution in [0.4, 0.5) is 8.78 Å². The fourth-order valence-corrected chi connectivity index (χ4v) is 1.49. The Hall–Kier alpha value is -1.29. The quantitative estimate of drug-likeness (QED) is 0.785. The summed E-state index contributed by atoms with van der Waals surface area (Å²) in [5, 5.41) is 0. The Kier molecular flexibility index (Phi) is 4.12. The monoisotopic (exact) mass is 227 g/mol. The van der Waals surface area contributed by atoms with Crippen molar-refractivity contribution in [2.24, 2.45) is 5.73 Å². The minimum absolute atomic E-state index is 0.108. The normalized spacial score (nSPS) is 11.5. The highest BCUT2D eigenvalue weighted by atomic mass is 19.3. The van der Waals surface area contributed by atoms with Gasteiger partial charge in [0.2, 0.25) is 5.92 Å². The highest BCUT2D eigenvalue weighted by molar-refractivity contribution is 5.96. The Balaban J connectivity index is 2.83. The molecule has 0 aromatic heterocycles. The second-order valence-corrected chi connectivity index (χ2v) is 3.91. The van der Waals surface area contributed by atoms with E-state index >= 15 is 0 Å². The van der Waals surface area contributed by atoms with E-state index in [0.29, 0.717) is 11.1 Å². The Morgan fingerprint density at radius 1 is 1.44 bits per heavy atom. The largest absolute Gasteiger partial charge is 0.330 e. The first-order valence-electron chi connectivity index (χ1n) is 5.12. The molecule has 0 unspecified atom stereocenters. The third-order valence-corrected chi connectivity index (χ3v) is 2.13. The predicted octanol–water partition coefficient (Wildman–Crippen LogP) is 2.42. The highest BCUT2D eigenvalue weighted by Gasteiger charge is 2.21. The summed E-state index contributed by atoms with van der Waals surface area (Å²) in [6.45, 7) is 1.13. The van der Waals surface area contributed by atoms with Gasteiger partial charge in [0.15, 0.2) is 5.78 Å². The van der Waals surface area contributed by atoms with Crippen LogP contribution in [0.15, 0.2) is 24.3 Å². The lowest BCUT2D eigenvalue weighted by Crippen LogP contribution is -2.14. The number of rotatable bonds is 5. The highest BCUT2D eigenvalue weighted by Crippen LogP contribution is 2.19. The standard InChI is InChI=1S/C12H15F2NO/c1-12(13,14)8-9-3-2-4-10(7-9)11(16)5-6-15/h2-4,7H,5-6,8,15H2,1H3. The van der Waals surface area contributed by atoms with E-state index in [2.05, 4.69) is 0 Å². The summed E-state index contributed by atoms with van der Waals surface area (Å²) < 4.78 is 25.6. The average molecular weight is 227 g/mol. The molecule has 2 nitrogen and oxygen atoms in total. The number of benzene rings is 1. The van der Waals surface area contributed by atoms with Gasteiger partial charge in [-0.3, -0.25) is 4.79 Å². The molecule has 4 heteroatoms. The second-order valence-electron chi connectivity index (χ2n) is 3.91. The van der Waals surface area contributed by atoms with Crippen LogP contribution in [-0.4, -0.2) is 18.3 Å². The lowest BCUT2D eigenvalue weighted by Gasteiger charge is -2.10. The Bertz CT molecular complexity index is 372. The van der Waals surface area contributed by atoms with Gasteiger partial charge in [0.1, 0.15) is 0 Å². The number of ketones is 1. The van der Waals surface area contributed by atoms with Gasteiger partial charge in [0, 0.05) is 18.4 Å². The number of carbonyl (C=O) groups excluding carboxylic acids is 1. The number of hydrogen-bond acceptors (Lipinski definition) is 2. The summed E-state index contributed by atoms with van der Waals surface area (Å²) in [7, 11) is 0. The molecule has 1 aromatic rings. The molecule has 0 aliphatic rings. The third-order valence-electron chi connectivity index (χ3n) is 2.13. The summed E-state index contributed by atoms with van der Waals surface area (Å²) in [5.41, 5.74) is 6.18. The fourth-order valence-electron chi connectivity index (χ4n) is 1.49. The van der Waals surface area contributed by atoms with Gasteiger partial charge in [-0.2, -0.15) is 0 Å². The van der Waals surface area contributed by atoms with Crippen LogP contribution in [0, 0.1) is 0 Å². The van der Waals surface area contributed by atoms with Crippen LogP contribution in [0.5, 0.6) is 0 Å². The molecule has 2 N–H and O–H groups in total. The minimum atomic E-state index is -2.75. The van der Waals surface area contributed by atoms with Crippen molar-refractivity contribution in [3.05, 3.63) is 35.4 Å². The average Bonchev–Trinajstić information content (AvgIpc) is 2.16. The van der Waals surface area contributed by atoms with Crippen molar-refractivity contribution >= 4 is 5.78 Å². The molecule has 88 valence electrons. The summed E-state index contributed by atoms with van der Waals surface area (Å²) in [5.74, 6) is -2.86. The van der Waals surface area contributed by atoms with E-state index in [-0.39, 0.29) is 25.2 Å². The lowest BCUT2D eigenvalue weighted by molar-refractivity contribution is 0.0226. The van der Waals surface area contributed by atoms with Gasteiger partial charge < -0.3 is 5.73 Å². The van der Waals surface area contributed by atoms with Crippen molar-refractivity contribution in [3.8, 4) is 0 Å². The zero-order chi connectivity index (χ0) is 12.2. The maximum absolute atomic E-state index is 12.8. The molecule has 0 saturated heterocycles. The van der Waals surface area contributed by atoms with E-state index in [0.717, 1.165) is 6.92 Å². The molecule has 0 aliphatic carbocycles. The Morgan fingerprint density at radius 2 is 2.12 bits per heavy atom. The van der Waals surface area contributed by atoms with Gasteiger partial charge in [0.05, 0.1) is 0 Å². The van der Waals surface area contributed by atoms with E-state index in [1.165, 1.54) is 6.07 Å². The summed E-state index contributed by atoms with van der Waals surface area (Å²) in [6, 6.07) is 6.34. The van der Waals surface area contributed by atoms with Gasteiger partial charge in [-0.05, 0) is 25.1 Å². The first-order valence-corrected chi connectivity index (χ1v) is 5.12. The van der Waals surface area contributed by atoms with Crippen LogP contribution in [0.3, 0.4) is 0 Å². The third kappa shape index (κ3) is 4.06. The Morgan fingerprint density at radius 3 is 2.69 bits per heavy atom. The van der Waals surface area contributed by atoms with Crippen LogP contribution in [-0.2, 0) is 6.42 Å². The SMILES string of the molecule is CC(F)(F)Cc1cccc(C(=O)CCN)c1. The van der Waals surface area contributed by atoms with Gasteiger partial charge in [-0.25, -0.2) is 8.78 Å². The van der Waals surface area contributed by atoms with Crippen molar-refractivity contribution in [1.29, 1.82) is 0 Å². The first kappa shape index (κ1) is 12.8. The van der Waals surface area contributed by atoms with E-state index in [1.807, 2.05) is 0 Å². The van der Waals surface area contributed by atoms with Crippen molar-refractivity contribution in [2.75, 3.05) is 6.54 Å². The zero-order valence-electron chi connectivity index (χ0n) is 9.17. The van der Waals surface area contributed by atoms with Gasteiger partial charge >= 0.3 is 0 Å². The number of halogens is 2. The number of carbonyl (C=O) groups is 1. The summed E-state index contributed by atoms with van der Waals surface area (Å²) >= 11 is 0. The molecule has 0 aliphatic heterocycles. The van der Waals surface area contributed by atoms with Crippen molar-refractivity contribution in [3.63, 3.8) is 0 Å². The van der Waals surface area contributed by atoms with E-state index in [9.17, 15) is 13.6 Å². The first-order chi connectivity index (χ1) is 7.42.